The van der Waals surface area contributed by atoms with Crippen LogP contribution in [0.1, 0.15) is 30.1 Å². The molecule has 3 rings (SSSR count). The normalized spacial score (nSPS) is 19.4. The van der Waals surface area contributed by atoms with Crippen molar-refractivity contribution >= 4 is 11.3 Å². The molecule has 0 aromatic carbocycles. The molecule has 0 radical (unpaired) electrons. The first-order valence-electron chi connectivity index (χ1n) is 6.94. The van der Waals surface area contributed by atoms with Gasteiger partial charge in [-0.05, 0) is 25.8 Å². The van der Waals surface area contributed by atoms with E-state index in [1.165, 1.54) is 6.42 Å². The van der Waals surface area contributed by atoms with Crippen molar-refractivity contribution in [3.05, 3.63) is 16.2 Å². The van der Waals surface area contributed by atoms with Crippen LogP contribution in [0.25, 0.3) is 11.6 Å². The van der Waals surface area contributed by atoms with Gasteiger partial charge in [0.25, 0.3) is 5.89 Å². The van der Waals surface area contributed by atoms with E-state index in [2.05, 4.69) is 15.1 Å². The molecule has 7 heteroatoms. The van der Waals surface area contributed by atoms with Gasteiger partial charge in [-0.2, -0.15) is 4.98 Å². The smallest absolute Gasteiger partial charge is 0.277 e. The predicted molar refractivity (Wildman–Crippen MR) is 75.5 cm³/mol. The number of ether oxygens (including phenoxy) is 1. The van der Waals surface area contributed by atoms with Gasteiger partial charge in [-0.1, -0.05) is 5.16 Å². The Morgan fingerprint density at radius 1 is 1.35 bits per heavy atom. The van der Waals surface area contributed by atoms with Crippen molar-refractivity contribution in [1.29, 1.82) is 0 Å². The molecule has 1 aliphatic rings. The molecule has 1 atom stereocenters. The maximum Gasteiger partial charge on any atom is 0.277 e. The summed E-state index contributed by atoms with van der Waals surface area (Å²) in [6.07, 6.45) is 5.14. The van der Waals surface area contributed by atoms with Gasteiger partial charge in [0.1, 0.15) is 5.69 Å². The molecule has 0 aliphatic carbocycles. The molecule has 1 saturated heterocycles. The fourth-order valence-electron chi connectivity index (χ4n) is 2.26. The monoisotopic (exact) mass is 294 g/mol. The minimum absolute atomic E-state index is 0.220. The van der Waals surface area contributed by atoms with Gasteiger partial charge in [0.05, 0.1) is 11.1 Å². The molecule has 0 spiro atoms. The van der Waals surface area contributed by atoms with Crippen LogP contribution in [0.3, 0.4) is 0 Å². The third-order valence-corrected chi connectivity index (χ3v) is 4.19. The third kappa shape index (κ3) is 3.23. The molecular weight excluding hydrogens is 276 g/mol. The second-order valence-electron chi connectivity index (χ2n) is 4.87. The van der Waals surface area contributed by atoms with Crippen LogP contribution in [0.2, 0.25) is 0 Å². The Kier molecular flexibility index (Phi) is 4.39. The summed E-state index contributed by atoms with van der Waals surface area (Å²) in [6.45, 7) is 1.44. The first kappa shape index (κ1) is 13.7. The zero-order valence-corrected chi connectivity index (χ0v) is 12.1. The Hall–Kier alpha value is -1.31. The molecule has 108 valence electrons. The van der Waals surface area contributed by atoms with E-state index >= 15 is 0 Å². The summed E-state index contributed by atoms with van der Waals surface area (Å²) in [5.74, 6) is 1.18. The zero-order valence-electron chi connectivity index (χ0n) is 11.2. The number of thiazole rings is 1. The Balaban J connectivity index is 1.65. The standard InChI is InChI=1S/C13H18N4O2S/c14-5-4-12-15-10(8-20-12)13-16-11(17-19-13)7-9-3-1-2-6-18-9/h8-9H,1-7,14H2. The Morgan fingerprint density at radius 2 is 2.30 bits per heavy atom. The largest absolute Gasteiger partial charge is 0.378 e. The number of hydrogen-bond donors (Lipinski definition) is 1. The van der Waals surface area contributed by atoms with Crippen LogP contribution < -0.4 is 5.73 Å². The van der Waals surface area contributed by atoms with Crippen LogP contribution in [0.15, 0.2) is 9.90 Å². The Bertz CT molecular complexity index is 548. The highest BCUT2D eigenvalue weighted by Gasteiger charge is 2.19. The van der Waals surface area contributed by atoms with Gasteiger partial charge < -0.3 is 15.0 Å². The lowest BCUT2D eigenvalue weighted by molar-refractivity contribution is 0.0153. The molecule has 0 bridgehead atoms. The molecule has 2 N–H and O–H groups in total. The molecule has 2 aromatic heterocycles. The number of rotatable bonds is 5. The molecule has 2 aromatic rings. The fraction of sp³-hybridized carbons (Fsp3) is 0.615. The maximum absolute atomic E-state index is 5.68. The van der Waals surface area contributed by atoms with Crippen molar-refractivity contribution in [3.8, 4) is 11.6 Å². The molecular formula is C13H18N4O2S. The molecule has 6 nitrogen and oxygen atoms in total. The fourth-order valence-corrected chi connectivity index (χ4v) is 3.05. The first-order chi connectivity index (χ1) is 9.85. The number of hydrogen-bond acceptors (Lipinski definition) is 7. The van der Waals surface area contributed by atoms with Gasteiger partial charge in [-0.15, -0.1) is 11.3 Å². The summed E-state index contributed by atoms with van der Waals surface area (Å²) in [4.78, 5) is 8.84. The second-order valence-corrected chi connectivity index (χ2v) is 5.82. The minimum Gasteiger partial charge on any atom is -0.378 e. The number of nitrogens with two attached hydrogens (primary N) is 1. The SMILES string of the molecule is NCCc1nc(-c2nc(CC3CCCCO3)no2)cs1. The van der Waals surface area contributed by atoms with E-state index in [0.29, 0.717) is 24.7 Å². The summed E-state index contributed by atoms with van der Waals surface area (Å²) in [7, 11) is 0. The van der Waals surface area contributed by atoms with E-state index < -0.39 is 0 Å². The van der Waals surface area contributed by atoms with Gasteiger partial charge >= 0.3 is 0 Å². The molecule has 3 heterocycles. The van der Waals surface area contributed by atoms with Crippen LogP contribution in [0.4, 0.5) is 0 Å². The molecule has 0 saturated carbocycles. The van der Waals surface area contributed by atoms with E-state index in [0.717, 1.165) is 36.6 Å². The summed E-state index contributed by atoms with van der Waals surface area (Å²) >= 11 is 1.57. The van der Waals surface area contributed by atoms with Gasteiger partial charge in [0, 0.05) is 24.8 Å². The van der Waals surface area contributed by atoms with Gasteiger partial charge in [0.2, 0.25) is 0 Å². The summed E-state index contributed by atoms with van der Waals surface area (Å²) in [5, 5.41) is 6.94. The van der Waals surface area contributed by atoms with Gasteiger partial charge in [-0.3, -0.25) is 0 Å². The van der Waals surface area contributed by atoms with Crippen molar-refractivity contribution in [2.24, 2.45) is 5.73 Å². The maximum atomic E-state index is 5.68. The van der Waals surface area contributed by atoms with Crippen LogP contribution in [-0.2, 0) is 17.6 Å². The van der Waals surface area contributed by atoms with E-state index in [-0.39, 0.29) is 6.10 Å². The van der Waals surface area contributed by atoms with Crippen LogP contribution in [0, 0.1) is 0 Å². The molecule has 20 heavy (non-hydrogen) atoms. The molecule has 1 aliphatic heterocycles. The first-order valence-corrected chi connectivity index (χ1v) is 7.82. The number of nitrogens with zero attached hydrogens (tertiary/aromatic N) is 3. The van der Waals surface area contributed by atoms with Crippen molar-refractivity contribution in [1.82, 2.24) is 15.1 Å². The molecule has 1 fully saturated rings. The summed E-state index contributed by atoms with van der Waals surface area (Å²) in [5.41, 5.74) is 6.26. The lowest BCUT2D eigenvalue weighted by Gasteiger charge is -2.20. The third-order valence-electron chi connectivity index (χ3n) is 3.28. The average molecular weight is 294 g/mol. The second kappa shape index (κ2) is 6.43. The van der Waals surface area contributed by atoms with Crippen molar-refractivity contribution in [2.45, 2.75) is 38.2 Å². The van der Waals surface area contributed by atoms with Crippen molar-refractivity contribution in [3.63, 3.8) is 0 Å². The highest BCUT2D eigenvalue weighted by Crippen LogP contribution is 2.22. The van der Waals surface area contributed by atoms with E-state index in [1.54, 1.807) is 11.3 Å². The van der Waals surface area contributed by atoms with E-state index in [1.807, 2.05) is 5.38 Å². The zero-order chi connectivity index (χ0) is 13.8. The molecule has 0 amide bonds. The van der Waals surface area contributed by atoms with Crippen molar-refractivity contribution in [2.75, 3.05) is 13.2 Å². The average Bonchev–Trinajstić information content (AvgIpc) is 3.10. The minimum atomic E-state index is 0.220. The Labute approximate surface area is 121 Å². The van der Waals surface area contributed by atoms with Gasteiger partial charge in [0.15, 0.2) is 5.82 Å². The lowest BCUT2D eigenvalue weighted by Crippen LogP contribution is -2.21. The van der Waals surface area contributed by atoms with Gasteiger partial charge in [-0.25, -0.2) is 4.98 Å². The van der Waals surface area contributed by atoms with E-state index in [4.69, 9.17) is 15.0 Å². The van der Waals surface area contributed by atoms with Crippen molar-refractivity contribution < 1.29 is 9.26 Å². The summed E-state index contributed by atoms with van der Waals surface area (Å²) < 4.78 is 11.0. The van der Waals surface area contributed by atoms with Crippen LogP contribution in [0.5, 0.6) is 0 Å². The summed E-state index contributed by atoms with van der Waals surface area (Å²) in [6, 6.07) is 0. The quantitative estimate of drug-likeness (QED) is 0.905. The lowest BCUT2D eigenvalue weighted by atomic mass is 10.1. The highest BCUT2D eigenvalue weighted by molar-refractivity contribution is 7.09. The van der Waals surface area contributed by atoms with Crippen LogP contribution >= 0.6 is 11.3 Å². The number of aromatic nitrogens is 3. The highest BCUT2D eigenvalue weighted by atomic mass is 32.1. The predicted octanol–water partition coefficient (Wildman–Crippen LogP) is 1.81. The topological polar surface area (TPSA) is 87.1 Å². The Morgan fingerprint density at radius 3 is 3.10 bits per heavy atom. The molecule has 1 unspecified atom stereocenters. The van der Waals surface area contributed by atoms with E-state index in [9.17, 15) is 0 Å². The van der Waals surface area contributed by atoms with Crippen LogP contribution in [-0.4, -0.2) is 34.4 Å².